The zero-order valence-electron chi connectivity index (χ0n) is 18.4. The van der Waals surface area contributed by atoms with Crippen LogP contribution in [0.3, 0.4) is 0 Å². The van der Waals surface area contributed by atoms with Crippen molar-refractivity contribution in [3.05, 3.63) is 53.3 Å². The molecule has 0 saturated carbocycles. The van der Waals surface area contributed by atoms with Crippen molar-refractivity contribution in [2.24, 2.45) is 0 Å². The number of anilines is 1. The Bertz CT molecular complexity index is 1310. The van der Waals surface area contributed by atoms with Crippen LogP contribution in [-0.4, -0.2) is 72.3 Å². The molecule has 178 valence electrons. The van der Waals surface area contributed by atoms with Crippen LogP contribution in [0.1, 0.15) is 10.4 Å². The summed E-state index contributed by atoms with van der Waals surface area (Å²) in [6, 6.07) is 8.94. The minimum atomic E-state index is -0.148. The van der Waals surface area contributed by atoms with E-state index in [0.29, 0.717) is 58.8 Å². The Kier molecular flexibility index (Phi) is 7.80. The van der Waals surface area contributed by atoms with E-state index in [1.807, 2.05) is 6.07 Å². The number of benzene rings is 2. The van der Waals surface area contributed by atoms with E-state index >= 15 is 0 Å². The maximum absolute atomic E-state index is 13.7. The van der Waals surface area contributed by atoms with E-state index < -0.39 is 0 Å². The zero-order valence-corrected chi connectivity index (χ0v) is 20.8. The van der Waals surface area contributed by atoms with Crippen LogP contribution >= 0.6 is 35.3 Å². The van der Waals surface area contributed by atoms with Crippen molar-refractivity contribution in [1.29, 1.82) is 0 Å². The number of methoxy groups -OCH3 is 1. The van der Waals surface area contributed by atoms with Crippen molar-refractivity contribution in [3.63, 3.8) is 0 Å². The van der Waals surface area contributed by atoms with Crippen LogP contribution in [0.2, 0.25) is 5.02 Å². The first-order chi connectivity index (χ1) is 16.1. The van der Waals surface area contributed by atoms with Crippen molar-refractivity contribution < 1.29 is 14.3 Å². The second-order valence-electron chi connectivity index (χ2n) is 7.59. The van der Waals surface area contributed by atoms with Gasteiger partial charge in [-0.2, -0.15) is 0 Å². The first kappa shape index (κ1) is 24.6. The third kappa shape index (κ3) is 4.94. The number of fused-ring (bicyclic) bond motifs is 2. The molecule has 0 spiro atoms. The van der Waals surface area contributed by atoms with Crippen molar-refractivity contribution in [3.8, 4) is 5.75 Å². The monoisotopic (exact) mass is 519 g/mol. The molecule has 34 heavy (non-hydrogen) atoms. The number of thiazole rings is 1. The normalized spacial score (nSPS) is 14.2. The Morgan fingerprint density at radius 2 is 1.94 bits per heavy atom. The second kappa shape index (κ2) is 10.8. The first-order valence-electron chi connectivity index (χ1n) is 10.6. The SMILES string of the molecule is COc1ccc(Cl)c2sc(N(CCN3CCOCC3)C(=O)c3ccc4nccnc4c3)nc12.Cl. The number of nitrogens with zero attached hydrogens (tertiary/aromatic N) is 5. The highest BCUT2D eigenvalue weighted by Crippen LogP contribution is 2.39. The van der Waals surface area contributed by atoms with Gasteiger partial charge in [-0.3, -0.25) is 24.6 Å². The fraction of sp³-hybridized carbons (Fsp3) is 0.304. The Morgan fingerprint density at radius 1 is 1.18 bits per heavy atom. The van der Waals surface area contributed by atoms with Gasteiger partial charge in [-0.15, -0.1) is 12.4 Å². The van der Waals surface area contributed by atoms with E-state index in [1.165, 1.54) is 11.3 Å². The molecule has 4 aromatic rings. The first-order valence-corrected chi connectivity index (χ1v) is 11.8. The van der Waals surface area contributed by atoms with Crippen molar-refractivity contribution in [2.75, 3.05) is 51.4 Å². The number of morpholine rings is 1. The predicted molar refractivity (Wildman–Crippen MR) is 137 cm³/mol. The smallest absolute Gasteiger partial charge is 0.260 e. The molecule has 3 heterocycles. The van der Waals surface area contributed by atoms with Crippen LogP contribution in [0.5, 0.6) is 5.75 Å². The maximum atomic E-state index is 13.7. The van der Waals surface area contributed by atoms with Gasteiger partial charge in [-0.05, 0) is 30.3 Å². The number of aromatic nitrogens is 3. The van der Waals surface area contributed by atoms with E-state index in [-0.39, 0.29) is 18.3 Å². The van der Waals surface area contributed by atoms with Gasteiger partial charge in [-0.1, -0.05) is 22.9 Å². The Morgan fingerprint density at radius 3 is 2.71 bits per heavy atom. The molecular formula is C23H23Cl2N5O3S. The standard InChI is InChI=1S/C23H22ClN5O3S.ClH/c1-31-19-5-3-16(24)21-20(19)27-23(33-21)29(9-8-28-10-12-32-13-11-28)22(30)15-2-4-17-18(14-15)26-7-6-25-17;/h2-7,14H,8-13H2,1H3;1H. The molecular weight excluding hydrogens is 497 g/mol. The number of ether oxygens (including phenoxy) is 2. The average Bonchev–Trinajstić information content (AvgIpc) is 3.31. The molecule has 1 aliphatic heterocycles. The van der Waals surface area contributed by atoms with Gasteiger partial charge in [-0.25, -0.2) is 4.98 Å². The molecule has 1 saturated heterocycles. The van der Waals surface area contributed by atoms with Crippen LogP contribution < -0.4 is 9.64 Å². The molecule has 1 fully saturated rings. The molecule has 0 radical (unpaired) electrons. The van der Waals surface area contributed by atoms with Crippen molar-refractivity contribution >= 4 is 67.6 Å². The highest BCUT2D eigenvalue weighted by atomic mass is 35.5. The second-order valence-corrected chi connectivity index (χ2v) is 8.98. The van der Waals surface area contributed by atoms with Gasteiger partial charge in [0.2, 0.25) is 0 Å². The van der Waals surface area contributed by atoms with Crippen LogP contribution in [0.4, 0.5) is 5.13 Å². The van der Waals surface area contributed by atoms with Gasteiger partial charge in [0.25, 0.3) is 5.91 Å². The lowest BCUT2D eigenvalue weighted by Gasteiger charge is -2.29. The third-order valence-corrected chi connectivity index (χ3v) is 7.14. The minimum absolute atomic E-state index is 0. The summed E-state index contributed by atoms with van der Waals surface area (Å²) in [5, 5.41) is 1.16. The summed E-state index contributed by atoms with van der Waals surface area (Å²) in [6.45, 7) is 4.27. The Hall–Kier alpha value is -2.56. The quantitative estimate of drug-likeness (QED) is 0.375. The highest BCUT2D eigenvalue weighted by Gasteiger charge is 2.24. The molecule has 0 aliphatic carbocycles. The van der Waals surface area contributed by atoms with Gasteiger partial charge >= 0.3 is 0 Å². The fourth-order valence-electron chi connectivity index (χ4n) is 3.82. The number of rotatable bonds is 6. The minimum Gasteiger partial charge on any atom is -0.494 e. The lowest BCUT2D eigenvalue weighted by molar-refractivity contribution is 0.0391. The molecule has 11 heteroatoms. The topological polar surface area (TPSA) is 80.7 Å². The van der Waals surface area contributed by atoms with E-state index in [1.54, 1.807) is 48.7 Å². The van der Waals surface area contributed by atoms with E-state index in [0.717, 1.165) is 23.3 Å². The summed E-state index contributed by atoms with van der Waals surface area (Å²) < 4.78 is 11.7. The number of carbonyl (C=O) groups is 1. The molecule has 1 aliphatic rings. The zero-order chi connectivity index (χ0) is 22.8. The lowest BCUT2D eigenvalue weighted by atomic mass is 10.1. The molecule has 0 unspecified atom stereocenters. The molecule has 2 aromatic carbocycles. The molecule has 1 amide bonds. The summed E-state index contributed by atoms with van der Waals surface area (Å²) >= 11 is 7.82. The highest BCUT2D eigenvalue weighted by molar-refractivity contribution is 7.23. The Labute approximate surface area is 211 Å². The van der Waals surface area contributed by atoms with Crippen LogP contribution in [0.15, 0.2) is 42.7 Å². The lowest BCUT2D eigenvalue weighted by Crippen LogP contribution is -2.43. The third-order valence-electron chi connectivity index (χ3n) is 5.60. The van der Waals surface area contributed by atoms with E-state index in [4.69, 9.17) is 26.1 Å². The molecule has 0 atom stereocenters. The van der Waals surface area contributed by atoms with Gasteiger partial charge in [0.1, 0.15) is 11.3 Å². The molecule has 5 rings (SSSR count). The number of halogens is 2. The summed E-state index contributed by atoms with van der Waals surface area (Å²) in [6.07, 6.45) is 3.26. The summed E-state index contributed by atoms with van der Waals surface area (Å²) in [5.74, 6) is 0.475. The van der Waals surface area contributed by atoms with Crippen LogP contribution in [-0.2, 0) is 4.74 Å². The van der Waals surface area contributed by atoms with Crippen molar-refractivity contribution in [1.82, 2.24) is 19.9 Å². The van der Waals surface area contributed by atoms with Crippen LogP contribution in [0.25, 0.3) is 21.3 Å². The number of hydrogen-bond donors (Lipinski definition) is 0. The predicted octanol–water partition coefficient (Wildman–Crippen LogP) is 4.30. The molecule has 2 aromatic heterocycles. The van der Waals surface area contributed by atoms with Gasteiger partial charge < -0.3 is 9.47 Å². The summed E-state index contributed by atoms with van der Waals surface area (Å²) in [5.41, 5.74) is 2.59. The van der Waals surface area contributed by atoms with E-state index in [9.17, 15) is 4.79 Å². The summed E-state index contributed by atoms with van der Waals surface area (Å²) in [4.78, 5) is 31.1. The molecule has 0 bridgehead atoms. The van der Waals surface area contributed by atoms with Gasteiger partial charge in [0.05, 0.1) is 41.1 Å². The van der Waals surface area contributed by atoms with E-state index in [2.05, 4.69) is 14.9 Å². The Balaban J connectivity index is 0.00000274. The summed E-state index contributed by atoms with van der Waals surface area (Å²) in [7, 11) is 1.60. The number of carbonyl (C=O) groups excluding carboxylic acids is 1. The van der Waals surface area contributed by atoms with Gasteiger partial charge in [0.15, 0.2) is 5.13 Å². The van der Waals surface area contributed by atoms with Crippen molar-refractivity contribution in [2.45, 2.75) is 0 Å². The average molecular weight is 520 g/mol. The largest absolute Gasteiger partial charge is 0.494 e. The van der Waals surface area contributed by atoms with Crippen LogP contribution in [0, 0.1) is 0 Å². The molecule has 8 nitrogen and oxygen atoms in total. The fourth-order valence-corrected chi connectivity index (χ4v) is 5.10. The van der Waals surface area contributed by atoms with Gasteiger partial charge in [0, 0.05) is 44.1 Å². The number of hydrogen-bond acceptors (Lipinski definition) is 8. The maximum Gasteiger partial charge on any atom is 0.260 e. The molecule has 0 N–H and O–H groups in total. The number of amides is 1.